The van der Waals surface area contributed by atoms with E-state index in [1.54, 1.807) is 0 Å². The van der Waals surface area contributed by atoms with Gasteiger partial charge in [-0.3, -0.25) is 0 Å². The zero-order valence-electron chi connectivity index (χ0n) is 10.2. The van der Waals surface area contributed by atoms with Gasteiger partial charge in [0.1, 0.15) is 11.6 Å². The van der Waals surface area contributed by atoms with E-state index in [0.717, 1.165) is 6.07 Å². The number of aliphatic hydroxyl groups is 1. The molecule has 3 N–H and O–H groups in total. The van der Waals surface area contributed by atoms with Crippen LogP contribution in [-0.4, -0.2) is 17.8 Å². The molecule has 2 unspecified atom stereocenters. The summed E-state index contributed by atoms with van der Waals surface area (Å²) in [6.07, 6.45) is -0.549. The van der Waals surface area contributed by atoms with Crippen molar-refractivity contribution in [2.45, 2.75) is 26.4 Å². The summed E-state index contributed by atoms with van der Waals surface area (Å²) >= 11 is 0. The Morgan fingerprint density at radius 3 is 2.41 bits per heavy atom. The van der Waals surface area contributed by atoms with Gasteiger partial charge in [-0.05, 0) is 30.0 Å². The van der Waals surface area contributed by atoms with Gasteiger partial charge in [0.25, 0.3) is 0 Å². The van der Waals surface area contributed by atoms with E-state index >= 15 is 0 Å². The Kier molecular flexibility index (Phi) is 5.02. The molecule has 0 aliphatic rings. The molecule has 2 atom stereocenters. The first-order chi connectivity index (χ1) is 7.95. The highest BCUT2D eigenvalue weighted by atomic mass is 19.1. The van der Waals surface area contributed by atoms with Gasteiger partial charge >= 0.3 is 0 Å². The fourth-order valence-electron chi connectivity index (χ4n) is 1.94. The molecule has 0 aromatic heterocycles. The van der Waals surface area contributed by atoms with Gasteiger partial charge in [0.15, 0.2) is 0 Å². The lowest BCUT2D eigenvalue weighted by atomic mass is 9.87. The zero-order chi connectivity index (χ0) is 13.0. The maximum Gasteiger partial charge on any atom is 0.129 e. The van der Waals surface area contributed by atoms with Crippen molar-refractivity contribution < 1.29 is 13.9 Å². The Balaban J connectivity index is 2.76. The molecule has 0 saturated carbocycles. The fraction of sp³-hybridized carbons (Fsp3) is 0.538. The van der Waals surface area contributed by atoms with Gasteiger partial charge in [0.05, 0.1) is 6.10 Å². The van der Waals surface area contributed by atoms with Crippen LogP contribution in [0.4, 0.5) is 8.78 Å². The maximum absolute atomic E-state index is 13.4. The highest BCUT2D eigenvalue weighted by Crippen LogP contribution is 2.19. The maximum atomic E-state index is 13.4. The molecule has 0 radical (unpaired) electrons. The second-order valence-electron chi connectivity index (χ2n) is 4.65. The number of halogens is 2. The average Bonchev–Trinajstić information content (AvgIpc) is 2.22. The van der Waals surface area contributed by atoms with Crippen molar-refractivity contribution >= 4 is 0 Å². The summed E-state index contributed by atoms with van der Waals surface area (Å²) in [4.78, 5) is 0. The predicted molar refractivity (Wildman–Crippen MR) is 63.5 cm³/mol. The van der Waals surface area contributed by atoms with Crippen LogP contribution in [0.3, 0.4) is 0 Å². The van der Waals surface area contributed by atoms with Gasteiger partial charge in [-0.1, -0.05) is 19.9 Å². The largest absolute Gasteiger partial charge is 0.392 e. The Morgan fingerprint density at radius 1 is 1.29 bits per heavy atom. The molecule has 1 rings (SSSR count). The van der Waals surface area contributed by atoms with Crippen molar-refractivity contribution in [3.05, 3.63) is 35.4 Å². The lowest BCUT2D eigenvalue weighted by Crippen LogP contribution is -2.33. The van der Waals surface area contributed by atoms with Crippen LogP contribution >= 0.6 is 0 Å². The molecule has 17 heavy (non-hydrogen) atoms. The summed E-state index contributed by atoms with van der Waals surface area (Å²) < 4.78 is 26.1. The van der Waals surface area contributed by atoms with E-state index in [1.165, 1.54) is 12.1 Å². The van der Waals surface area contributed by atoms with Crippen molar-refractivity contribution in [1.82, 2.24) is 0 Å². The van der Waals surface area contributed by atoms with E-state index in [-0.39, 0.29) is 18.3 Å². The van der Waals surface area contributed by atoms with Crippen molar-refractivity contribution in [2.24, 2.45) is 17.6 Å². The molecule has 4 heteroatoms. The van der Waals surface area contributed by atoms with Crippen LogP contribution in [0.15, 0.2) is 18.2 Å². The number of benzene rings is 1. The molecule has 0 aliphatic heterocycles. The van der Waals surface area contributed by atoms with E-state index in [4.69, 9.17) is 5.73 Å². The molecule has 0 heterocycles. The van der Waals surface area contributed by atoms with E-state index in [1.807, 2.05) is 13.8 Å². The number of aliphatic hydroxyl groups excluding tert-OH is 1. The van der Waals surface area contributed by atoms with Crippen LogP contribution in [0.1, 0.15) is 19.4 Å². The van der Waals surface area contributed by atoms with Crippen LogP contribution in [-0.2, 0) is 6.42 Å². The van der Waals surface area contributed by atoms with Crippen molar-refractivity contribution in [1.29, 1.82) is 0 Å². The summed E-state index contributed by atoms with van der Waals surface area (Å²) in [7, 11) is 0. The van der Waals surface area contributed by atoms with Gasteiger partial charge in [-0.2, -0.15) is 0 Å². The van der Waals surface area contributed by atoms with Crippen molar-refractivity contribution in [3.63, 3.8) is 0 Å². The molecule has 96 valence electrons. The van der Waals surface area contributed by atoms with Crippen LogP contribution < -0.4 is 5.73 Å². The summed E-state index contributed by atoms with van der Waals surface area (Å²) in [5, 5.41) is 9.99. The monoisotopic (exact) mass is 243 g/mol. The van der Waals surface area contributed by atoms with E-state index in [0.29, 0.717) is 12.1 Å². The van der Waals surface area contributed by atoms with Crippen LogP contribution in [0.5, 0.6) is 0 Å². The lowest BCUT2D eigenvalue weighted by Gasteiger charge is -2.25. The number of hydrogen-bond donors (Lipinski definition) is 2. The third-order valence-corrected chi connectivity index (χ3v) is 3.07. The first-order valence-corrected chi connectivity index (χ1v) is 5.77. The second-order valence-corrected chi connectivity index (χ2v) is 4.65. The first-order valence-electron chi connectivity index (χ1n) is 5.77. The van der Waals surface area contributed by atoms with E-state index in [9.17, 15) is 13.9 Å². The zero-order valence-corrected chi connectivity index (χ0v) is 10.2. The molecular weight excluding hydrogens is 224 g/mol. The molecular formula is C13H19F2NO. The van der Waals surface area contributed by atoms with Gasteiger partial charge in [-0.15, -0.1) is 0 Å². The molecule has 0 bridgehead atoms. The summed E-state index contributed by atoms with van der Waals surface area (Å²) in [5.74, 6) is -1.10. The second kappa shape index (κ2) is 6.07. The van der Waals surface area contributed by atoms with Crippen molar-refractivity contribution in [3.8, 4) is 0 Å². The smallest absolute Gasteiger partial charge is 0.129 e. The summed E-state index contributed by atoms with van der Waals surface area (Å²) in [6, 6.07) is 3.38. The molecule has 0 aliphatic carbocycles. The van der Waals surface area contributed by atoms with E-state index in [2.05, 4.69) is 0 Å². The molecule has 0 amide bonds. The molecule has 1 aromatic carbocycles. The molecule has 2 nitrogen and oxygen atoms in total. The van der Waals surface area contributed by atoms with Gasteiger partial charge in [0.2, 0.25) is 0 Å². The van der Waals surface area contributed by atoms with Gasteiger partial charge in [-0.25, -0.2) is 8.78 Å². The minimum Gasteiger partial charge on any atom is -0.392 e. The molecule has 0 spiro atoms. The summed E-state index contributed by atoms with van der Waals surface area (Å²) in [5.41, 5.74) is 5.89. The predicted octanol–water partition coefficient (Wildman–Crippen LogP) is 2.10. The highest BCUT2D eigenvalue weighted by molar-refractivity contribution is 5.19. The molecule has 1 aromatic rings. The topological polar surface area (TPSA) is 46.2 Å². The third kappa shape index (κ3) is 3.75. The van der Waals surface area contributed by atoms with Crippen LogP contribution in [0, 0.1) is 23.5 Å². The Morgan fingerprint density at radius 2 is 1.94 bits per heavy atom. The number of rotatable bonds is 5. The van der Waals surface area contributed by atoms with Crippen LogP contribution in [0.2, 0.25) is 0 Å². The normalized spacial score (nSPS) is 15.0. The fourth-order valence-corrected chi connectivity index (χ4v) is 1.94. The highest BCUT2D eigenvalue weighted by Gasteiger charge is 2.22. The number of hydrogen-bond acceptors (Lipinski definition) is 2. The standard InChI is InChI=1S/C13H19F2NO/c1-8(2)11(7-16)13(17)5-9-3-4-10(14)6-12(9)15/h3-4,6,8,11,13,17H,5,7,16H2,1-2H3. The quantitative estimate of drug-likeness (QED) is 0.832. The molecule has 0 saturated heterocycles. The van der Waals surface area contributed by atoms with Crippen LogP contribution in [0.25, 0.3) is 0 Å². The Bertz CT molecular complexity index is 368. The third-order valence-electron chi connectivity index (χ3n) is 3.07. The lowest BCUT2D eigenvalue weighted by molar-refractivity contribution is 0.0855. The van der Waals surface area contributed by atoms with Gasteiger partial charge in [0, 0.05) is 12.5 Å². The van der Waals surface area contributed by atoms with Crippen molar-refractivity contribution in [2.75, 3.05) is 6.54 Å². The summed E-state index contributed by atoms with van der Waals surface area (Å²) in [6.45, 7) is 4.27. The molecule has 0 fully saturated rings. The first kappa shape index (κ1) is 14.1. The van der Waals surface area contributed by atoms with E-state index < -0.39 is 17.7 Å². The SMILES string of the molecule is CC(C)C(CN)C(O)Cc1ccc(F)cc1F. The Labute approximate surface area is 100 Å². The van der Waals surface area contributed by atoms with Gasteiger partial charge < -0.3 is 10.8 Å². The Hall–Kier alpha value is -1.00. The minimum atomic E-state index is -0.708. The minimum absolute atomic E-state index is 0.0838. The average molecular weight is 243 g/mol. The number of nitrogens with two attached hydrogens (primary N) is 1.